The summed E-state index contributed by atoms with van der Waals surface area (Å²) in [5.41, 5.74) is 3.34. The van der Waals surface area contributed by atoms with E-state index in [1.54, 1.807) is 21.0 Å². The number of rotatable bonds is 8. The molecule has 2 heterocycles. The number of benzene rings is 2. The van der Waals surface area contributed by atoms with Crippen LogP contribution in [0.3, 0.4) is 0 Å². The number of methoxy groups -OCH3 is 2. The van der Waals surface area contributed by atoms with Crippen LogP contribution in [-0.4, -0.2) is 68.8 Å². The fourth-order valence-electron chi connectivity index (χ4n) is 4.50. The molecule has 2 aliphatic heterocycles. The number of phenolic OH excluding ortho intramolecular Hbond substituents is 1. The number of carbonyl (C=O) groups excluding carboxylic acids is 2. The molecule has 2 aliphatic rings. The van der Waals surface area contributed by atoms with Crippen molar-refractivity contribution in [3.8, 4) is 17.2 Å². The second-order valence-electron chi connectivity index (χ2n) is 8.59. The normalized spacial score (nSPS) is 17.2. The first-order valence-corrected chi connectivity index (χ1v) is 12.2. The van der Waals surface area contributed by atoms with Gasteiger partial charge in [-0.15, -0.1) is 0 Å². The standard InChI is InChI=1S/C13H17BO5.C12H15BO6/c1-4-18-12(15)7-11-13-9(14(16)19-11)5-8(2)6-10(13)17-3;1-3-18-11(15)6-10-12-8(13(16)19-10)4-7(14)5-9(12)17-2/h5-6,11,16H,4,7H2,1-3H3;4-5,10,14,16H,3,6H2,1-2H3. The van der Waals surface area contributed by atoms with Crippen LogP contribution in [0.5, 0.6) is 17.2 Å². The summed E-state index contributed by atoms with van der Waals surface area (Å²) in [6.07, 6.45) is -1.12. The Morgan fingerprint density at radius 1 is 0.816 bits per heavy atom. The van der Waals surface area contributed by atoms with Crippen molar-refractivity contribution < 1.29 is 53.0 Å². The fraction of sp³-hybridized carbons (Fsp3) is 0.440. The van der Waals surface area contributed by atoms with Gasteiger partial charge >= 0.3 is 26.2 Å². The van der Waals surface area contributed by atoms with E-state index in [0.29, 0.717) is 34.6 Å². The van der Waals surface area contributed by atoms with Gasteiger partial charge in [0.1, 0.15) is 17.2 Å². The van der Waals surface area contributed by atoms with E-state index in [9.17, 15) is 24.7 Å². The Morgan fingerprint density at radius 3 is 1.71 bits per heavy atom. The molecule has 204 valence electrons. The second kappa shape index (κ2) is 13.0. The summed E-state index contributed by atoms with van der Waals surface area (Å²) in [6, 6.07) is 6.51. The highest BCUT2D eigenvalue weighted by atomic mass is 16.6. The van der Waals surface area contributed by atoms with Crippen LogP contribution in [0, 0.1) is 6.92 Å². The predicted molar refractivity (Wildman–Crippen MR) is 138 cm³/mol. The van der Waals surface area contributed by atoms with Crippen molar-refractivity contribution >= 4 is 37.1 Å². The highest BCUT2D eigenvalue weighted by Gasteiger charge is 2.40. The number of hydrogen-bond acceptors (Lipinski definition) is 11. The first-order valence-electron chi connectivity index (χ1n) is 12.2. The number of carbonyl (C=O) groups is 2. The summed E-state index contributed by atoms with van der Waals surface area (Å²) < 4.78 is 31.0. The minimum absolute atomic E-state index is 0.0148. The van der Waals surface area contributed by atoms with Crippen molar-refractivity contribution in [2.75, 3.05) is 27.4 Å². The van der Waals surface area contributed by atoms with E-state index in [2.05, 4.69) is 0 Å². The van der Waals surface area contributed by atoms with Crippen molar-refractivity contribution in [2.45, 2.75) is 45.8 Å². The molecule has 0 saturated heterocycles. The molecule has 2 aromatic rings. The number of hydrogen-bond donors (Lipinski definition) is 3. The Kier molecular flexibility index (Phi) is 10.0. The lowest BCUT2D eigenvalue weighted by atomic mass is 9.78. The Balaban J connectivity index is 0.000000211. The van der Waals surface area contributed by atoms with Crippen molar-refractivity contribution in [3.63, 3.8) is 0 Å². The van der Waals surface area contributed by atoms with Gasteiger partial charge in [-0.2, -0.15) is 0 Å². The molecule has 13 heteroatoms. The summed E-state index contributed by atoms with van der Waals surface area (Å²) in [6.45, 7) is 5.99. The van der Waals surface area contributed by atoms with Gasteiger partial charge < -0.3 is 43.4 Å². The molecule has 2 atom stereocenters. The molecule has 0 saturated carbocycles. The molecule has 0 radical (unpaired) electrons. The van der Waals surface area contributed by atoms with Gasteiger partial charge in [-0.05, 0) is 49.4 Å². The average molecular weight is 530 g/mol. The van der Waals surface area contributed by atoms with Crippen LogP contribution in [0.2, 0.25) is 0 Å². The van der Waals surface area contributed by atoms with Gasteiger partial charge in [-0.3, -0.25) is 9.59 Å². The maximum atomic E-state index is 11.6. The van der Waals surface area contributed by atoms with Crippen molar-refractivity contribution in [1.82, 2.24) is 0 Å². The third kappa shape index (κ3) is 6.60. The minimum atomic E-state index is -1.18. The number of aryl methyl sites for hydroxylation is 1. The van der Waals surface area contributed by atoms with Gasteiger partial charge in [0.25, 0.3) is 0 Å². The van der Waals surface area contributed by atoms with Crippen LogP contribution in [0.4, 0.5) is 0 Å². The van der Waals surface area contributed by atoms with Gasteiger partial charge in [-0.25, -0.2) is 0 Å². The number of ether oxygens (including phenoxy) is 4. The Bertz CT molecular complexity index is 1070. The van der Waals surface area contributed by atoms with Crippen LogP contribution >= 0.6 is 0 Å². The molecule has 38 heavy (non-hydrogen) atoms. The number of esters is 2. The summed E-state index contributed by atoms with van der Waals surface area (Å²) >= 11 is 0. The third-order valence-electron chi connectivity index (χ3n) is 5.99. The van der Waals surface area contributed by atoms with E-state index < -0.39 is 32.4 Å². The van der Waals surface area contributed by atoms with E-state index in [-0.39, 0.29) is 31.2 Å². The maximum absolute atomic E-state index is 11.6. The summed E-state index contributed by atoms with van der Waals surface area (Å²) in [5.74, 6) is 0.203. The van der Waals surface area contributed by atoms with Gasteiger partial charge in [0.05, 0.1) is 52.5 Å². The number of phenols is 1. The van der Waals surface area contributed by atoms with Crippen molar-refractivity contribution in [3.05, 3.63) is 41.0 Å². The largest absolute Gasteiger partial charge is 0.508 e. The van der Waals surface area contributed by atoms with Crippen LogP contribution in [-0.2, 0) is 28.4 Å². The molecule has 2 aromatic carbocycles. The van der Waals surface area contributed by atoms with E-state index in [4.69, 9.17) is 28.3 Å². The van der Waals surface area contributed by atoms with Gasteiger partial charge in [-0.1, -0.05) is 6.07 Å². The van der Waals surface area contributed by atoms with Gasteiger partial charge in [0, 0.05) is 17.2 Å². The smallest absolute Gasteiger partial charge is 0.492 e. The summed E-state index contributed by atoms with van der Waals surface area (Å²) in [5, 5.41) is 29.2. The topological polar surface area (TPSA) is 150 Å². The Morgan fingerprint density at radius 2 is 1.26 bits per heavy atom. The second-order valence-corrected chi connectivity index (χ2v) is 8.59. The monoisotopic (exact) mass is 530 g/mol. The average Bonchev–Trinajstić information content (AvgIpc) is 3.34. The molecule has 3 N–H and O–H groups in total. The van der Waals surface area contributed by atoms with Crippen LogP contribution < -0.4 is 20.4 Å². The molecule has 0 aliphatic carbocycles. The molecule has 2 unspecified atom stereocenters. The zero-order valence-electron chi connectivity index (χ0n) is 22.1. The Labute approximate surface area is 221 Å². The SMILES string of the molecule is CCOC(=O)CC1OB(O)c2cc(C)cc(OC)c21.CCOC(=O)CC1OB(O)c2cc(O)cc(OC)c21. The molecule has 0 amide bonds. The highest BCUT2D eigenvalue weighted by Crippen LogP contribution is 2.37. The number of fused-ring (bicyclic) bond motifs is 2. The zero-order valence-corrected chi connectivity index (χ0v) is 22.1. The van der Waals surface area contributed by atoms with Crippen molar-refractivity contribution in [2.24, 2.45) is 0 Å². The lowest BCUT2D eigenvalue weighted by Gasteiger charge is -2.14. The summed E-state index contributed by atoms with van der Waals surface area (Å²) in [4.78, 5) is 23.1. The van der Waals surface area contributed by atoms with Gasteiger partial charge in [0.2, 0.25) is 0 Å². The number of aromatic hydroxyl groups is 1. The first kappa shape index (κ1) is 29.3. The van der Waals surface area contributed by atoms with E-state index >= 15 is 0 Å². The van der Waals surface area contributed by atoms with Crippen LogP contribution in [0.25, 0.3) is 0 Å². The lowest BCUT2D eigenvalue weighted by molar-refractivity contribution is -0.146. The quantitative estimate of drug-likeness (QED) is 0.329. The first-order chi connectivity index (χ1) is 18.1. The minimum Gasteiger partial charge on any atom is -0.508 e. The highest BCUT2D eigenvalue weighted by molar-refractivity contribution is 6.62. The third-order valence-corrected chi connectivity index (χ3v) is 5.99. The molecule has 4 rings (SSSR count). The maximum Gasteiger partial charge on any atom is 0.492 e. The van der Waals surface area contributed by atoms with Crippen LogP contribution in [0.1, 0.15) is 55.6 Å². The fourth-order valence-corrected chi connectivity index (χ4v) is 4.50. The van der Waals surface area contributed by atoms with Crippen molar-refractivity contribution in [1.29, 1.82) is 0 Å². The van der Waals surface area contributed by atoms with Crippen LogP contribution in [0.15, 0.2) is 24.3 Å². The molecule has 0 bridgehead atoms. The van der Waals surface area contributed by atoms with Gasteiger partial charge in [0.15, 0.2) is 0 Å². The van der Waals surface area contributed by atoms with E-state index in [0.717, 1.165) is 11.1 Å². The lowest BCUT2D eigenvalue weighted by Crippen LogP contribution is -2.28. The predicted octanol–water partition coefficient (Wildman–Crippen LogP) is 0.828. The molecule has 0 fully saturated rings. The molecule has 0 aromatic heterocycles. The zero-order chi connectivity index (χ0) is 28.0. The Hall–Kier alpha value is -3.25. The molecule has 0 spiro atoms. The molecular formula is C25H32B2O11. The molecular weight excluding hydrogens is 498 g/mol. The molecule has 11 nitrogen and oxygen atoms in total. The summed E-state index contributed by atoms with van der Waals surface area (Å²) in [7, 11) is 0.793. The van der Waals surface area contributed by atoms with E-state index in [1.165, 1.54) is 19.2 Å². The van der Waals surface area contributed by atoms with E-state index in [1.807, 2.05) is 19.1 Å².